The number of piperidine rings is 1. The summed E-state index contributed by atoms with van der Waals surface area (Å²) >= 11 is 0. The number of rotatable bonds is 3. The third-order valence-corrected chi connectivity index (χ3v) is 4.30. The first-order valence-corrected chi connectivity index (χ1v) is 7.44. The number of carbonyl (C=O) groups is 1. The maximum Gasteiger partial charge on any atom is 0.254 e. The smallest absolute Gasteiger partial charge is 0.254 e. The van der Waals surface area contributed by atoms with E-state index in [-0.39, 0.29) is 0 Å². The van der Waals surface area contributed by atoms with Crippen molar-refractivity contribution in [2.45, 2.75) is 38.6 Å². The largest absolute Gasteiger partial charge is 0.365 e. The Hall–Kier alpha value is -1.95. The number of nitrogens with zero attached hydrogens (tertiary/aromatic N) is 4. The zero-order valence-electron chi connectivity index (χ0n) is 12.5. The molecular formula is C15H21N5O. The van der Waals surface area contributed by atoms with Gasteiger partial charge in [-0.05, 0) is 39.3 Å². The fourth-order valence-corrected chi connectivity index (χ4v) is 3.11. The summed E-state index contributed by atoms with van der Waals surface area (Å²) in [6.07, 6.45) is 5.56. The van der Waals surface area contributed by atoms with Crippen molar-refractivity contribution in [2.24, 2.45) is 5.73 Å². The summed E-state index contributed by atoms with van der Waals surface area (Å²) in [6, 6.07) is 2.54. The molecule has 6 heteroatoms. The van der Waals surface area contributed by atoms with E-state index < -0.39 is 5.91 Å². The fourth-order valence-electron chi connectivity index (χ4n) is 3.11. The van der Waals surface area contributed by atoms with Crippen molar-refractivity contribution in [3.63, 3.8) is 0 Å². The number of hydrogen-bond acceptors (Lipinski definition) is 4. The van der Waals surface area contributed by atoms with Crippen molar-refractivity contribution in [3.05, 3.63) is 29.7 Å². The minimum atomic E-state index is -0.484. The average Bonchev–Trinajstić information content (AvgIpc) is 2.91. The Kier molecular flexibility index (Phi) is 3.63. The summed E-state index contributed by atoms with van der Waals surface area (Å²) in [5.74, 6) is -0.0747. The lowest BCUT2D eigenvalue weighted by Gasteiger charge is -2.35. The highest BCUT2D eigenvalue weighted by molar-refractivity contribution is 5.98. The van der Waals surface area contributed by atoms with Crippen LogP contribution in [0.4, 0.5) is 0 Å². The maximum atomic E-state index is 11.4. The minimum absolute atomic E-state index is 0.383. The van der Waals surface area contributed by atoms with Gasteiger partial charge in [0.25, 0.3) is 5.91 Å². The molecule has 0 aromatic carbocycles. The lowest BCUT2D eigenvalue weighted by molar-refractivity contribution is 0.100. The van der Waals surface area contributed by atoms with Gasteiger partial charge < -0.3 is 10.6 Å². The predicted octanol–water partition coefficient (Wildman–Crippen LogP) is 1.42. The summed E-state index contributed by atoms with van der Waals surface area (Å²) < 4.78 is 1.77. The summed E-state index contributed by atoms with van der Waals surface area (Å²) in [4.78, 5) is 18.2. The van der Waals surface area contributed by atoms with Gasteiger partial charge >= 0.3 is 0 Å². The van der Waals surface area contributed by atoms with Crippen LogP contribution in [0.5, 0.6) is 0 Å². The summed E-state index contributed by atoms with van der Waals surface area (Å²) in [7, 11) is 0. The molecule has 2 N–H and O–H groups in total. The third-order valence-electron chi connectivity index (χ3n) is 4.30. The molecule has 2 aromatic heterocycles. The molecule has 1 aliphatic heterocycles. The van der Waals surface area contributed by atoms with Crippen LogP contribution < -0.4 is 5.73 Å². The van der Waals surface area contributed by atoms with Gasteiger partial charge in [0.1, 0.15) is 5.56 Å². The van der Waals surface area contributed by atoms with Gasteiger partial charge in [-0.1, -0.05) is 0 Å². The molecule has 0 aliphatic carbocycles. The quantitative estimate of drug-likeness (QED) is 0.926. The van der Waals surface area contributed by atoms with E-state index in [1.165, 1.54) is 12.6 Å². The summed E-state index contributed by atoms with van der Waals surface area (Å²) in [5, 5.41) is 4.32. The lowest BCUT2D eigenvalue weighted by atomic mass is 9.93. The van der Waals surface area contributed by atoms with Crippen LogP contribution in [-0.2, 0) is 0 Å². The van der Waals surface area contributed by atoms with Crippen LogP contribution in [-0.4, -0.2) is 44.5 Å². The second-order valence-corrected chi connectivity index (χ2v) is 5.96. The standard InChI is InChI=1S/C15H21N5O/c1-10(2)19-7-3-4-11(9-19)13-5-6-17-15-12(14(16)21)8-18-20(13)15/h5-6,8,10-11H,3-4,7,9H2,1-2H3,(H2,16,21)/t11-/m1/s1. The normalized spacial score (nSPS) is 20.2. The van der Waals surface area contributed by atoms with Crippen LogP contribution in [0.2, 0.25) is 0 Å². The number of amides is 1. The van der Waals surface area contributed by atoms with Gasteiger partial charge in [0.15, 0.2) is 5.65 Å². The zero-order chi connectivity index (χ0) is 15.0. The van der Waals surface area contributed by atoms with Crippen molar-refractivity contribution in [1.29, 1.82) is 0 Å². The van der Waals surface area contributed by atoms with Crippen molar-refractivity contribution in [1.82, 2.24) is 19.5 Å². The van der Waals surface area contributed by atoms with E-state index in [0.29, 0.717) is 23.2 Å². The van der Waals surface area contributed by atoms with E-state index >= 15 is 0 Å². The molecule has 1 saturated heterocycles. The number of carbonyl (C=O) groups excluding carboxylic acids is 1. The molecule has 112 valence electrons. The Balaban J connectivity index is 1.99. The van der Waals surface area contributed by atoms with Crippen LogP contribution in [0.3, 0.4) is 0 Å². The second-order valence-electron chi connectivity index (χ2n) is 5.96. The first-order chi connectivity index (χ1) is 10.1. The molecule has 0 spiro atoms. The van der Waals surface area contributed by atoms with E-state index in [2.05, 4.69) is 28.8 Å². The van der Waals surface area contributed by atoms with Crippen molar-refractivity contribution >= 4 is 11.6 Å². The molecule has 1 aliphatic rings. The summed E-state index contributed by atoms with van der Waals surface area (Å²) in [6.45, 7) is 6.61. The molecule has 0 bridgehead atoms. The Morgan fingerprint density at radius 2 is 2.29 bits per heavy atom. The molecule has 1 fully saturated rings. The molecule has 0 saturated carbocycles. The van der Waals surface area contributed by atoms with Gasteiger partial charge in [-0.15, -0.1) is 0 Å². The van der Waals surface area contributed by atoms with E-state index in [9.17, 15) is 4.79 Å². The molecule has 0 radical (unpaired) electrons. The van der Waals surface area contributed by atoms with E-state index in [4.69, 9.17) is 5.73 Å². The monoisotopic (exact) mass is 287 g/mol. The molecule has 6 nitrogen and oxygen atoms in total. The lowest BCUT2D eigenvalue weighted by Crippen LogP contribution is -2.39. The molecule has 0 unspecified atom stereocenters. The molecule has 21 heavy (non-hydrogen) atoms. The van der Waals surface area contributed by atoms with Gasteiger partial charge in [0.05, 0.1) is 11.9 Å². The van der Waals surface area contributed by atoms with Gasteiger partial charge in [-0.25, -0.2) is 9.50 Å². The minimum Gasteiger partial charge on any atom is -0.365 e. The Morgan fingerprint density at radius 1 is 1.48 bits per heavy atom. The number of aromatic nitrogens is 3. The SMILES string of the molecule is CC(C)N1CCC[C@@H](c2ccnc3c(C(N)=O)cnn23)C1. The number of nitrogens with two attached hydrogens (primary N) is 1. The molecule has 3 heterocycles. The highest BCUT2D eigenvalue weighted by Crippen LogP contribution is 2.28. The van der Waals surface area contributed by atoms with Gasteiger partial charge in [0, 0.05) is 24.7 Å². The van der Waals surface area contributed by atoms with E-state index in [1.807, 2.05) is 6.07 Å². The zero-order valence-corrected chi connectivity index (χ0v) is 12.5. The van der Waals surface area contributed by atoms with Crippen LogP contribution in [0.1, 0.15) is 48.7 Å². The fraction of sp³-hybridized carbons (Fsp3) is 0.533. The number of fused-ring (bicyclic) bond motifs is 1. The summed E-state index contributed by atoms with van der Waals surface area (Å²) in [5.41, 5.74) is 7.42. The predicted molar refractivity (Wildman–Crippen MR) is 80.2 cm³/mol. The number of primary amides is 1. The average molecular weight is 287 g/mol. The van der Waals surface area contributed by atoms with E-state index in [0.717, 1.165) is 25.2 Å². The van der Waals surface area contributed by atoms with Crippen molar-refractivity contribution in [3.8, 4) is 0 Å². The van der Waals surface area contributed by atoms with Crippen LogP contribution in [0.15, 0.2) is 18.5 Å². The molecular weight excluding hydrogens is 266 g/mol. The molecule has 1 amide bonds. The Labute approximate surface area is 123 Å². The molecule has 3 rings (SSSR count). The van der Waals surface area contributed by atoms with Crippen molar-refractivity contribution < 1.29 is 4.79 Å². The number of hydrogen-bond donors (Lipinski definition) is 1. The van der Waals surface area contributed by atoms with Crippen LogP contribution in [0.25, 0.3) is 5.65 Å². The third kappa shape index (κ3) is 2.51. The number of likely N-dealkylation sites (tertiary alicyclic amines) is 1. The van der Waals surface area contributed by atoms with E-state index in [1.54, 1.807) is 10.7 Å². The molecule has 2 aromatic rings. The maximum absolute atomic E-state index is 11.4. The Bertz CT molecular complexity index is 663. The molecule has 1 atom stereocenters. The first kappa shape index (κ1) is 14.0. The topological polar surface area (TPSA) is 76.5 Å². The van der Waals surface area contributed by atoms with Crippen molar-refractivity contribution in [2.75, 3.05) is 13.1 Å². The van der Waals surface area contributed by atoms with Crippen LogP contribution >= 0.6 is 0 Å². The Morgan fingerprint density at radius 3 is 3.00 bits per heavy atom. The van der Waals surface area contributed by atoms with Gasteiger partial charge in [-0.2, -0.15) is 5.10 Å². The van der Waals surface area contributed by atoms with Gasteiger partial charge in [0.2, 0.25) is 0 Å². The first-order valence-electron chi connectivity index (χ1n) is 7.44. The highest BCUT2D eigenvalue weighted by Gasteiger charge is 2.25. The van der Waals surface area contributed by atoms with Gasteiger partial charge in [-0.3, -0.25) is 4.79 Å². The highest BCUT2D eigenvalue weighted by atomic mass is 16.1. The second kappa shape index (κ2) is 5.44. The van der Waals surface area contributed by atoms with Crippen LogP contribution in [0, 0.1) is 0 Å².